The number of anilines is 2. The number of carbonyl (C=O) groups is 1. The molecule has 3 aromatic heterocycles. The maximum Gasteiger partial charge on any atom is 0.282 e. The number of hydrogen-bond acceptors (Lipinski definition) is 7. The van der Waals surface area contributed by atoms with Gasteiger partial charge in [-0.15, -0.1) is 0 Å². The summed E-state index contributed by atoms with van der Waals surface area (Å²) < 4.78 is 33.3. The van der Waals surface area contributed by atoms with E-state index in [9.17, 15) is 13.6 Å². The number of aromatic nitrogens is 4. The number of rotatable bonds is 6. The van der Waals surface area contributed by atoms with Crippen molar-refractivity contribution in [2.75, 3.05) is 10.6 Å². The van der Waals surface area contributed by atoms with Crippen molar-refractivity contribution in [1.29, 1.82) is 0 Å². The molecule has 36 heavy (non-hydrogen) atoms. The fourth-order valence-corrected chi connectivity index (χ4v) is 4.53. The minimum absolute atomic E-state index is 0.0136. The molecule has 182 valence electrons. The summed E-state index contributed by atoms with van der Waals surface area (Å²) in [6.45, 7) is 0.889. The molecule has 8 nitrogen and oxygen atoms in total. The van der Waals surface area contributed by atoms with Gasteiger partial charge in [0.1, 0.15) is 17.3 Å². The number of nitrogens with two attached hydrogens (primary N) is 1. The highest BCUT2D eigenvalue weighted by molar-refractivity contribution is 6.06. The number of amides is 1. The van der Waals surface area contributed by atoms with Crippen molar-refractivity contribution in [3.8, 4) is 0 Å². The minimum atomic E-state index is -2.86. The van der Waals surface area contributed by atoms with E-state index < -0.39 is 18.0 Å². The highest BCUT2D eigenvalue weighted by Gasteiger charge is 2.29. The molecule has 6 rings (SSSR count). The molecular weight excluding hydrogens is 466 g/mol. The van der Waals surface area contributed by atoms with Gasteiger partial charge in [0.25, 0.3) is 12.3 Å². The van der Waals surface area contributed by atoms with Crippen LogP contribution in [-0.2, 0) is 24.5 Å². The van der Waals surface area contributed by atoms with Crippen LogP contribution < -0.4 is 10.6 Å². The molecule has 2 aliphatic rings. The van der Waals surface area contributed by atoms with E-state index in [4.69, 9.17) is 10.5 Å². The summed E-state index contributed by atoms with van der Waals surface area (Å²) in [6.07, 6.45) is 3.41. The lowest BCUT2D eigenvalue weighted by atomic mass is 10.0. The summed E-state index contributed by atoms with van der Waals surface area (Å²) in [4.78, 5) is 31.9. The van der Waals surface area contributed by atoms with E-state index >= 15 is 0 Å². The Bertz CT molecular complexity index is 1470. The van der Waals surface area contributed by atoms with Gasteiger partial charge in [-0.1, -0.05) is 12.1 Å². The van der Waals surface area contributed by atoms with E-state index in [1.54, 1.807) is 0 Å². The molecule has 1 aromatic carbocycles. The number of hydrogen-bond donors (Lipinski definition) is 1. The number of fused-ring (bicyclic) bond motifs is 3. The van der Waals surface area contributed by atoms with Crippen LogP contribution in [0.3, 0.4) is 0 Å². The molecule has 1 saturated carbocycles. The summed E-state index contributed by atoms with van der Waals surface area (Å²) >= 11 is 0. The van der Waals surface area contributed by atoms with Crippen molar-refractivity contribution < 1.29 is 18.3 Å². The van der Waals surface area contributed by atoms with Gasteiger partial charge < -0.3 is 15.4 Å². The van der Waals surface area contributed by atoms with Crippen LogP contribution in [0.2, 0.25) is 0 Å². The van der Waals surface area contributed by atoms with Crippen LogP contribution in [-0.4, -0.2) is 25.8 Å². The Labute approximate surface area is 205 Å². The van der Waals surface area contributed by atoms with Gasteiger partial charge in [-0.05, 0) is 42.2 Å². The Balaban J connectivity index is 1.40. The normalized spacial score (nSPS) is 14.9. The largest absolute Gasteiger partial charge is 0.383 e. The molecule has 4 heterocycles. The van der Waals surface area contributed by atoms with Crippen LogP contribution in [0.25, 0.3) is 10.9 Å². The van der Waals surface area contributed by atoms with Gasteiger partial charge in [-0.25, -0.2) is 23.7 Å². The third kappa shape index (κ3) is 4.03. The van der Waals surface area contributed by atoms with Crippen LogP contribution in [0, 0.1) is 0 Å². The highest BCUT2D eigenvalue weighted by atomic mass is 19.3. The lowest BCUT2D eigenvalue weighted by Crippen LogP contribution is -2.32. The number of ether oxygens (including phenoxy) is 1. The van der Waals surface area contributed by atoms with Crippen molar-refractivity contribution in [3.05, 3.63) is 82.7 Å². The second-order valence-corrected chi connectivity index (χ2v) is 9.00. The summed E-state index contributed by atoms with van der Waals surface area (Å²) in [5.41, 5.74) is 9.13. The SMILES string of the molecule is Nc1nc2cc(CN(C(=O)c3cnc(C4CC4)nc3)c3cccnc3C(F)F)ccc2c2c1COC2. The zero-order valence-electron chi connectivity index (χ0n) is 19.2. The number of pyridine rings is 2. The fourth-order valence-electron chi connectivity index (χ4n) is 4.53. The van der Waals surface area contributed by atoms with E-state index in [2.05, 4.69) is 19.9 Å². The molecule has 4 aromatic rings. The monoisotopic (exact) mass is 488 g/mol. The molecule has 0 atom stereocenters. The lowest BCUT2D eigenvalue weighted by molar-refractivity contribution is 0.0982. The first-order valence-corrected chi connectivity index (χ1v) is 11.6. The van der Waals surface area contributed by atoms with Crippen LogP contribution in [0.15, 0.2) is 48.9 Å². The molecule has 0 spiro atoms. The van der Waals surface area contributed by atoms with Gasteiger partial charge in [0.2, 0.25) is 0 Å². The molecule has 10 heteroatoms. The Kier molecular flexibility index (Phi) is 5.52. The topological polar surface area (TPSA) is 107 Å². The Morgan fingerprint density at radius 3 is 2.64 bits per heavy atom. The number of carbonyl (C=O) groups excluding carboxylic acids is 1. The predicted octanol–water partition coefficient (Wildman–Crippen LogP) is 4.69. The second-order valence-electron chi connectivity index (χ2n) is 9.00. The van der Waals surface area contributed by atoms with Gasteiger partial charge in [0.15, 0.2) is 0 Å². The maximum atomic E-state index is 13.9. The molecule has 0 radical (unpaired) electrons. The second kappa shape index (κ2) is 8.87. The highest BCUT2D eigenvalue weighted by Crippen LogP contribution is 2.38. The maximum absolute atomic E-state index is 13.9. The molecule has 1 aliphatic heterocycles. The first-order chi connectivity index (χ1) is 17.5. The van der Waals surface area contributed by atoms with Gasteiger partial charge in [-0.3, -0.25) is 9.78 Å². The lowest BCUT2D eigenvalue weighted by Gasteiger charge is -2.25. The first-order valence-electron chi connectivity index (χ1n) is 11.6. The fraction of sp³-hybridized carbons (Fsp3) is 0.269. The van der Waals surface area contributed by atoms with Gasteiger partial charge >= 0.3 is 0 Å². The van der Waals surface area contributed by atoms with Crippen molar-refractivity contribution >= 4 is 28.3 Å². The zero-order valence-corrected chi connectivity index (χ0v) is 19.2. The Hall–Kier alpha value is -4.05. The standard InChI is InChI=1S/C26H22F2N6O2/c27-23(28)22-21(2-1-7-30-22)34(26(35)16-9-31-25(32-10-16)15-4-5-15)11-14-3-6-17-18-12-36-13-19(18)24(29)33-20(17)8-14/h1-3,6-10,15,23H,4-5,11-13H2,(H2,29,33). The summed E-state index contributed by atoms with van der Waals surface area (Å²) in [5.74, 6) is 0.934. The Morgan fingerprint density at radius 2 is 1.89 bits per heavy atom. The molecule has 1 fully saturated rings. The van der Waals surface area contributed by atoms with Crippen molar-refractivity contribution in [2.45, 2.75) is 44.9 Å². The third-order valence-electron chi connectivity index (χ3n) is 6.56. The summed E-state index contributed by atoms with van der Waals surface area (Å²) in [5, 5.41) is 0.914. The number of benzene rings is 1. The van der Waals surface area contributed by atoms with E-state index in [0.29, 0.717) is 41.9 Å². The minimum Gasteiger partial charge on any atom is -0.383 e. The molecular formula is C26H22F2N6O2. The van der Waals surface area contributed by atoms with Crippen LogP contribution in [0.4, 0.5) is 20.3 Å². The van der Waals surface area contributed by atoms with Crippen LogP contribution in [0.5, 0.6) is 0 Å². The number of nitrogens with zero attached hydrogens (tertiary/aromatic N) is 5. The van der Waals surface area contributed by atoms with Gasteiger partial charge in [0.05, 0.1) is 36.5 Å². The molecule has 1 aliphatic carbocycles. The summed E-state index contributed by atoms with van der Waals surface area (Å²) in [6, 6.07) is 8.56. The predicted molar refractivity (Wildman–Crippen MR) is 128 cm³/mol. The Morgan fingerprint density at radius 1 is 1.11 bits per heavy atom. The van der Waals surface area contributed by atoms with E-state index in [-0.39, 0.29) is 17.8 Å². The average Bonchev–Trinajstić information content (AvgIpc) is 3.62. The van der Waals surface area contributed by atoms with Crippen LogP contribution in [0.1, 0.15) is 63.8 Å². The average molecular weight is 488 g/mol. The molecule has 0 unspecified atom stereocenters. The van der Waals surface area contributed by atoms with Crippen molar-refractivity contribution in [2.24, 2.45) is 0 Å². The van der Waals surface area contributed by atoms with E-state index in [1.165, 1.54) is 35.6 Å². The third-order valence-corrected chi connectivity index (χ3v) is 6.56. The number of halogens is 2. The smallest absolute Gasteiger partial charge is 0.282 e. The van der Waals surface area contributed by atoms with E-state index in [0.717, 1.165) is 29.4 Å². The van der Waals surface area contributed by atoms with Crippen LogP contribution >= 0.6 is 0 Å². The van der Waals surface area contributed by atoms with Gasteiger partial charge in [-0.2, -0.15) is 0 Å². The first kappa shape index (κ1) is 22.4. The van der Waals surface area contributed by atoms with Gasteiger partial charge in [0, 0.05) is 35.5 Å². The van der Waals surface area contributed by atoms with E-state index in [1.807, 2.05) is 18.2 Å². The van der Waals surface area contributed by atoms with Crippen molar-refractivity contribution in [1.82, 2.24) is 19.9 Å². The molecule has 1 amide bonds. The number of alkyl halides is 2. The zero-order chi connectivity index (χ0) is 24.8. The molecule has 0 saturated heterocycles. The number of nitrogen functional groups attached to an aromatic ring is 1. The summed E-state index contributed by atoms with van der Waals surface area (Å²) in [7, 11) is 0. The molecule has 0 bridgehead atoms. The van der Waals surface area contributed by atoms with Crippen molar-refractivity contribution in [3.63, 3.8) is 0 Å². The quantitative estimate of drug-likeness (QED) is 0.419. The molecule has 2 N–H and O–H groups in total.